The normalized spacial score (nSPS) is 19.6. The Morgan fingerprint density at radius 1 is 1.28 bits per heavy atom. The van der Waals surface area contributed by atoms with Crippen LogP contribution < -0.4 is 5.32 Å². The van der Waals surface area contributed by atoms with Crippen molar-refractivity contribution in [2.24, 2.45) is 10.9 Å². The predicted octanol–water partition coefficient (Wildman–Crippen LogP) is 4.67. The highest BCUT2D eigenvalue weighted by atomic mass is 35.5. The lowest BCUT2D eigenvalue weighted by Gasteiger charge is -2.19. The Morgan fingerprint density at radius 3 is 2.72 bits per heavy atom. The molecule has 0 atom stereocenters. The average Bonchev–Trinajstić information content (AvgIpc) is 2.90. The summed E-state index contributed by atoms with van der Waals surface area (Å²) in [7, 11) is 0. The molecule has 5 nitrogen and oxygen atoms in total. The second-order valence-corrected chi connectivity index (χ2v) is 6.72. The third-order valence-electron chi connectivity index (χ3n) is 4.58. The van der Waals surface area contributed by atoms with Gasteiger partial charge in [-0.2, -0.15) is 5.26 Å². The number of fused-ring (bicyclic) bond motifs is 1. The summed E-state index contributed by atoms with van der Waals surface area (Å²) in [5.74, 6) is -0.275. The molecule has 0 bridgehead atoms. The van der Waals surface area contributed by atoms with Gasteiger partial charge in [-0.3, -0.25) is 0 Å². The van der Waals surface area contributed by atoms with E-state index in [1.165, 1.54) is 25.7 Å². The fraction of sp³-hybridized carbons (Fsp3) is 0.421. The van der Waals surface area contributed by atoms with Gasteiger partial charge >= 0.3 is 5.97 Å². The third kappa shape index (κ3) is 4.21. The molecule has 0 radical (unpaired) electrons. The molecule has 1 fully saturated rings. The highest BCUT2D eigenvalue weighted by molar-refractivity contribution is 6.70. The molecule has 1 heterocycles. The van der Waals surface area contributed by atoms with Gasteiger partial charge in [-0.1, -0.05) is 49.4 Å². The number of halogens is 1. The zero-order valence-electron chi connectivity index (χ0n) is 13.9. The molecular formula is C19H20ClN3O2. The second kappa shape index (κ2) is 8.17. The number of hydrogen-bond donors (Lipinski definition) is 1. The molecular weight excluding hydrogens is 338 g/mol. The molecule has 2 aliphatic rings. The lowest BCUT2D eigenvalue weighted by atomic mass is 10.0. The van der Waals surface area contributed by atoms with Gasteiger partial charge in [0.2, 0.25) is 0 Å². The Hall–Kier alpha value is -2.32. The molecule has 1 aromatic carbocycles. The maximum atomic E-state index is 12.4. The number of allylic oxidation sites excluding steroid dienone is 1. The van der Waals surface area contributed by atoms with Crippen molar-refractivity contribution in [2.75, 3.05) is 11.9 Å². The van der Waals surface area contributed by atoms with Crippen LogP contribution in [0, 0.1) is 17.2 Å². The quantitative estimate of drug-likeness (QED) is 0.369. The van der Waals surface area contributed by atoms with Gasteiger partial charge in [-0.25, -0.2) is 9.79 Å². The van der Waals surface area contributed by atoms with Crippen LogP contribution in [-0.2, 0) is 9.53 Å². The van der Waals surface area contributed by atoms with Gasteiger partial charge in [-0.15, -0.1) is 0 Å². The monoisotopic (exact) mass is 357 g/mol. The number of esters is 1. The van der Waals surface area contributed by atoms with E-state index in [-0.39, 0.29) is 16.4 Å². The third-order valence-corrected chi connectivity index (χ3v) is 4.85. The van der Waals surface area contributed by atoms with Gasteiger partial charge in [0.05, 0.1) is 18.0 Å². The first-order chi connectivity index (χ1) is 12.2. The van der Waals surface area contributed by atoms with E-state index >= 15 is 0 Å². The van der Waals surface area contributed by atoms with Crippen LogP contribution in [0.5, 0.6) is 0 Å². The van der Waals surface area contributed by atoms with E-state index in [2.05, 4.69) is 10.3 Å². The van der Waals surface area contributed by atoms with Crippen molar-refractivity contribution in [1.29, 1.82) is 5.26 Å². The summed E-state index contributed by atoms with van der Waals surface area (Å²) in [6, 6.07) is 9.21. The van der Waals surface area contributed by atoms with Crippen LogP contribution in [0.15, 0.2) is 40.5 Å². The van der Waals surface area contributed by atoms with Crippen molar-refractivity contribution >= 4 is 34.1 Å². The number of para-hydroxylation sites is 2. The Kier molecular flexibility index (Phi) is 5.72. The van der Waals surface area contributed by atoms with E-state index in [0.29, 0.717) is 23.9 Å². The molecule has 0 spiro atoms. The molecule has 0 aromatic heterocycles. The first kappa shape index (κ1) is 17.5. The highest BCUT2D eigenvalue weighted by Gasteiger charge is 2.25. The molecule has 130 valence electrons. The average molecular weight is 358 g/mol. The van der Waals surface area contributed by atoms with E-state index < -0.39 is 5.97 Å². The number of aliphatic imine (C=N–C) groups is 1. The van der Waals surface area contributed by atoms with Crippen molar-refractivity contribution in [3.05, 3.63) is 35.5 Å². The fourth-order valence-electron chi connectivity index (χ4n) is 3.19. The molecule has 1 saturated carbocycles. The van der Waals surface area contributed by atoms with Gasteiger partial charge in [0.15, 0.2) is 10.7 Å². The minimum atomic E-state index is -0.651. The number of hydrogen-bond acceptors (Lipinski definition) is 5. The van der Waals surface area contributed by atoms with Gasteiger partial charge in [-0.05, 0) is 30.9 Å². The van der Waals surface area contributed by atoms with Crippen molar-refractivity contribution in [2.45, 2.75) is 38.5 Å². The summed E-state index contributed by atoms with van der Waals surface area (Å²) >= 11 is 6.17. The molecule has 0 unspecified atom stereocenters. The summed E-state index contributed by atoms with van der Waals surface area (Å²) in [6.45, 7) is 0.350. The van der Waals surface area contributed by atoms with Crippen LogP contribution in [0.4, 0.5) is 11.4 Å². The maximum Gasteiger partial charge on any atom is 0.351 e. The minimum absolute atomic E-state index is 0.0849. The zero-order valence-corrected chi connectivity index (χ0v) is 14.7. The molecule has 0 saturated heterocycles. The van der Waals surface area contributed by atoms with Crippen LogP contribution >= 0.6 is 11.6 Å². The number of nitriles is 1. The van der Waals surface area contributed by atoms with Gasteiger partial charge < -0.3 is 10.1 Å². The van der Waals surface area contributed by atoms with Crippen LogP contribution in [0.25, 0.3) is 0 Å². The predicted molar refractivity (Wildman–Crippen MR) is 97.8 cm³/mol. The summed E-state index contributed by atoms with van der Waals surface area (Å²) in [5, 5.41) is 12.5. The van der Waals surface area contributed by atoms with Crippen LogP contribution in [-0.4, -0.2) is 17.7 Å². The van der Waals surface area contributed by atoms with Gasteiger partial charge in [0, 0.05) is 0 Å². The van der Waals surface area contributed by atoms with Gasteiger partial charge in [0.1, 0.15) is 11.8 Å². The number of benzene rings is 1. The maximum absolute atomic E-state index is 12.4. The standard InChI is InChI=1S/C19H20ClN3O2/c20-18-17(22-15-9-5-6-10-16(15)23-18)14(11-21)19(24)25-12-13-7-3-1-2-4-8-13/h5-6,9-10,13,22H,1-4,7-8,12H2/b17-14+. The molecule has 1 aliphatic heterocycles. The van der Waals surface area contributed by atoms with Crippen LogP contribution in [0.3, 0.4) is 0 Å². The Morgan fingerprint density at radius 2 is 2.00 bits per heavy atom. The van der Waals surface area contributed by atoms with E-state index in [0.717, 1.165) is 12.8 Å². The summed E-state index contributed by atoms with van der Waals surface area (Å²) in [5.41, 5.74) is 1.43. The van der Waals surface area contributed by atoms with E-state index in [4.69, 9.17) is 16.3 Å². The second-order valence-electron chi connectivity index (χ2n) is 6.36. The lowest BCUT2D eigenvalue weighted by Crippen LogP contribution is -2.21. The number of nitrogens with one attached hydrogen (secondary N) is 1. The first-order valence-corrected chi connectivity index (χ1v) is 8.99. The summed E-state index contributed by atoms with van der Waals surface area (Å²) in [6.07, 6.45) is 6.97. The topological polar surface area (TPSA) is 74.5 Å². The van der Waals surface area contributed by atoms with Crippen molar-refractivity contribution < 1.29 is 9.53 Å². The van der Waals surface area contributed by atoms with E-state index in [9.17, 15) is 10.1 Å². The number of ether oxygens (including phenoxy) is 1. The molecule has 0 amide bonds. The van der Waals surface area contributed by atoms with Gasteiger partial charge in [0.25, 0.3) is 0 Å². The largest absolute Gasteiger partial charge is 0.461 e. The van der Waals surface area contributed by atoms with Crippen LogP contribution in [0.2, 0.25) is 0 Å². The lowest BCUT2D eigenvalue weighted by molar-refractivity contribution is -0.140. The Balaban J connectivity index is 1.74. The summed E-state index contributed by atoms with van der Waals surface area (Å²) < 4.78 is 5.41. The Labute approximate surface area is 152 Å². The molecule has 1 aromatic rings. The first-order valence-electron chi connectivity index (χ1n) is 8.61. The summed E-state index contributed by atoms with van der Waals surface area (Å²) in [4.78, 5) is 16.6. The zero-order chi connectivity index (χ0) is 17.6. The van der Waals surface area contributed by atoms with E-state index in [1.807, 2.05) is 24.3 Å². The number of carbonyl (C=O) groups is 1. The number of carbonyl (C=O) groups excluding carboxylic acids is 1. The number of anilines is 1. The highest BCUT2D eigenvalue weighted by Crippen LogP contribution is 2.32. The molecule has 6 heteroatoms. The molecule has 1 aliphatic carbocycles. The SMILES string of the molecule is N#C/C(C(=O)OCC1CCCCCC1)=C1\Nc2ccccc2N=C1Cl. The van der Waals surface area contributed by atoms with E-state index in [1.54, 1.807) is 6.07 Å². The van der Waals surface area contributed by atoms with Crippen LogP contribution in [0.1, 0.15) is 38.5 Å². The Bertz CT molecular complexity index is 756. The van der Waals surface area contributed by atoms with Crippen molar-refractivity contribution in [1.82, 2.24) is 0 Å². The molecule has 1 N–H and O–H groups in total. The number of nitrogens with zero attached hydrogens (tertiary/aromatic N) is 2. The van der Waals surface area contributed by atoms with Crippen molar-refractivity contribution in [3.63, 3.8) is 0 Å². The molecule has 3 rings (SSSR count). The fourth-order valence-corrected chi connectivity index (χ4v) is 3.42. The van der Waals surface area contributed by atoms with Crippen molar-refractivity contribution in [3.8, 4) is 6.07 Å². The smallest absolute Gasteiger partial charge is 0.351 e. The molecule has 25 heavy (non-hydrogen) atoms. The minimum Gasteiger partial charge on any atom is -0.461 e. The number of rotatable bonds is 3.